The third-order valence-corrected chi connectivity index (χ3v) is 2.78. The van der Waals surface area contributed by atoms with Crippen molar-refractivity contribution in [1.82, 2.24) is 0 Å². The third kappa shape index (κ3) is 2.80. The molecule has 0 aliphatic heterocycles. The van der Waals surface area contributed by atoms with Gasteiger partial charge < -0.3 is 10.2 Å². The zero-order valence-corrected chi connectivity index (χ0v) is 9.74. The number of hydrogen-bond donors (Lipinski definition) is 2. The molecule has 0 radical (unpaired) electrons. The van der Waals surface area contributed by atoms with Gasteiger partial charge in [0, 0.05) is 0 Å². The number of nitrogens with zero attached hydrogens (tertiary/aromatic N) is 1. The summed E-state index contributed by atoms with van der Waals surface area (Å²) < 4.78 is 0. The van der Waals surface area contributed by atoms with Crippen LogP contribution in [0, 0.1) is 11.3 Å². The molecule has 2 rings (SSSR count). The summed E-state index contributed by atoms with van der Waals surface area (Å²) in [6.45, 7) is 0. The van der Waals surface area contributed by atoms with Crippen LogP contribution in [-0.4, -0.2) is 10.2 Å². The highest BCUT2D eigenvalue weighted by Crippen LogP contribution is 2.24. The van der Waals surface area contributed by atoms with Gasteiger partial charge in [0.15, 0.2) is 0 Å². The van der Waals surface area contributed by atoms with Gasteiger partial charge in [0.1, 0.15) is 11.5 Å². The number of nitriles is 1. The zero-order valence-electron chi connectivity index (χ0n) is 9.74. The molecule has 2 aromatic rings. The van der Waals surface area contributed by atoms with Crippen molar-refractivity contribution in [2.75, 3.05) is 0 Å². The maximum absolute atomic E-state index is 9.42. The van der Waals surface area contributed by atoms with Crippen LogP contribution in [0.3, 0.4) is 0 Å². The van der Waals surface area contributed by atoms with Gasteiger partial charge in [-0.1, -0.05) is 24.3 Å². The van der Waals surface area contributed by atoms with Crippen molar-refractivity contribution in [3.63, 3.8) is 0 Å². The van der Waals surface area contributed by atoms with Gasteiger partial charge in [-0.3, -0.25) is 0 Å². The van der Waals surface area contributed by atoms with Crippen LogP contribution in [0.15, 0.2) is 48.5 Å². The maximum Gasteiger partial charge on any atom is 0.115 e. The monoisotopic (exact) mass is 239 g/mol. The molecule has 0 spiro atoms. The highest BCUT2D eigenvalue weighted by Gasteiger charge is 2.12. The molecule has 2 aromatic carbocycles. The largest absolute Gasteiger partial charge is 0.508 e. The first-order valence-electron chi connectivity index (χ1n) is 5.65. The Labute approximate surface area is 106 Å². The normalized spacial score (nSPS) is 11.7. The van der Waals surface area contributed by atoms with Crippen LogP contribution >= 0.6 is 0 Å². The average Bonchev–Trinajstić information content (AvgIpc) is 2.36. The Morgan fingerprint density at radius 3 is 2.28 bits per heavy atom. The lowest BCUT2D eigenvalue weighted by Crippen LogP contribution is -2.00. The smallest absolute Gasteiger partial charge is 0.115 e. The number of aromatic hydroxyl groups is 2. The van der Waals surface area contributed by atoms with Crippen LogP contribution in [-0.2, 0) is 6.42 Å². The van der Waals surface area contributed by atoms with Crippen molar-refractivity contribution < 1.29 is 10.2 Å². The molecule has 0 aliphatic carbocycles. The van der Waals surface area contributed by atoms with Gasteiger partial charge in [-0.2, -0.15) is 5.26 Å². The van der Waals surface area contributed by atoms with Crippen LogP contribution < -0.4 is 0 Å². The molecule has 0 aliphatic rings. The molecule has 3 nitrogen and oxygen atoms in total. The second kappa shape index (κ2) is 5.24. The summed E-state index contributed by atoms with van der Waals surface area (Å²) in [5.41, 5.74) is 1.67. The van der Waals surface area contributed by atoms with Gasteiger partial charge in [-0.15, -0.1) is 0 Å². The van der Waals surface area contributed by atoms with E-state index < -0.39 is 0 Å². The minimum absolute atomic E-state index is 0.156. The molecule has 0 bridgehead atoms. The average molecular weight is 239 g/mol. The van der Waals surface area contributed by atoms with E-state index >= 15 is 0 Å². The number of phenolic OH excluding ortho intramolecular Hbond substituents is 2. The predicted molar refractivity (Wildman–Crippen MR) is 68.3 cm³/mol. The van der Waals surface area contributed by atoms with Crippen molar-refractivity contribution in [3.8, 4) is 17.6 Å². The summed E-state index contributed by atoms with van der Waals surface area (Å²) in [6, 6.07) is 15.8. The molecular weight excluding hydrogens is 226 g/mol. The SMILES string of the molecule is N#CC(Cc1cccc(O)c1)c1cccc(O)c1. The second-order valence-corrected chi connectivity index (χ2v) is 4.15. The third-order valence-electron chi connectivity index (χ3n) is 2.78. The maximum atomic E-state index is 9.42. The van der Waals surface area contributed by atoms with Gasteiger partial charge in [-0.25, -0.2) is 0 Å². The standard InChI is InChI=1S/C15H13NO2/c16-10-13(12-4-2-6-15(18)9-12)7-11-3-1-5-14(17)8-11/h1-6,8-9,13,17-18H,7H2. The highest BCUT2D eigenvalue weighted by molar-refractivity contribution is 5.35. The summed E-state index contributed by atoms with van der Waals surface area (Å²) in [4.78, 5) is 0. The first-order valence-corrected chi connectivity index (χ1v) is 5.65. The van der Waals surface area contributed by atoms with Gasteiger partial charge >= 0.3 is 0 Å². The molecule has 0 saturated heterocycles. The molecule has 0 amide bonds. The summed E-state index contributed by atoms with van der Waals surface area (Å²) in [7, 11) is 0. The predicted octanol–water partition coefficient (Wildman–Crippen LogP) is 2.95. The fourth-order valence-electron chi connectivity index (χ4n) is 1.90. The molecule has 1 atom stereocenters. The Bertz CT molecular complexity index is 587. The zero-order chi connectivity index (χ0) is 13.0. The Balaban J connectivity index is 2.23. The fourth-order valence-corrected chi connectivity index (χ4v) is 1.90. The van der Waals surface area contributed by atoms with Gasteiger partial charge in [0.05, 0.1) is 12.0 Å². The fraction of sp³-hybridized carbons (Fsp3) is 0.133. The van der Waals surface area contributed by atoms with Crippen LogP contribution in [0.5, 0.6) is 11.5 Å². The number of hydrogen-bond acceptors (Lipinski definition) is 3. The molecule has 90 valence electrons. The van der Waals surface area contributed by atoms with Crippen molar-refractivity contribution in [2.24, 2.45) is 0 Å². The summed E-state index contributed by atoms with van der Waals surface area (Å²) in [5.74, 6) is 0.0163. The summed E-state index contributed by atoms with van der Waals surface area (Å²) in [5, 5.41) is 28.0. The minimum atomic E-state index is -0.334. The number of rotatable bonds is 3. The summed E-state index contributed by atoms with van der Waals surface area (Å²) in [6.07, 6.45) is 0.508. The van der Waals surface area contributed by atoms with E-state index in [-0.39, 0.29) is 17.4 Å². The van der Waals surface area contributed by atoms with E-state index in [0.717, 1.165) is 11.1 Å². The van der Waals surface area contributed by atoms with E-state index in [1.165, 1.54) is 0 Å². The van der Waals surface area contributed by atoms with E-state index in [1.54, 1.807) is 36.4 Å². The minimum Gasteiger partial charge on any atom is -0.508 e. The second-order valence-electron chi connectivity index (χ2n) is 4.15. The molecule has 2 N–H and O–H groups in total. The lowest BCUT2D eigenvalue weighted by Gasteiger charge is -2.10. The van der Waals surface area contributed by atoms with Crippen molar-refractivity contribution in [3.05, 3.63) is 59.7 Å². The Kier molecular flexibility index (Phi) is 3.49. The first kappa shape index (κ1) is 12.0. The number of phenols is 2. The summed E-state index contributed by atoms with van der Waals surface area (Å²) >= 11 is 0. The lowest BCUT2D eigenvalue weighted by molar-refractivity contribution is 0.473. The van der Waals surface area contributed by atoms with E-state index in [9.17, 15) is 15.5 Å². The molecular formula is C15H13NO2. The van der Waals surface area contributed by atoms with E-state index in [4.69, 9.17) is 0 Å². The van der Waals surface area contributed by atoms with Crippen LogP contribution in [0.2, 0.25) is 0 Å². The topological polar surface area (TPSA) is 64.2 Å². The lowest BCUT2D eigenvalue weighted by atomic mass is 9.93. The Morgan fingerprint density at radius 2 is 1.67 bits per heavy atom. The molecule has 1 unspecified atom stereocenters. The number of benzene rings is 2. The van der Waals surface area contributed by atoms with Gasteiger partial charge in [-0.05, 0) is 41.8 Å². The van der Waals surface area contributed by atoms with Crippen molar-refractivity contribution in [1.29, 1.82) is 5.26 Å². The molecule has 18 heavy (non-hydrogen) atoms. The Hall–Kier alpha value is -2.47. The van der Waals surface area contributed by atoms with Gasteiger partial charge in [0.2, 0.25) is 0 Å². The molecule has 0 saturated carbocycles. The Morgan fingerprint density at radius 1 is 1.00 bits per heavy atom. The quantitative estimate of drug-likeness (QED) is 0.865. The van der Waals surface area contributed by atoms with E-state index in [1.807, 2.05) is 12.1 Å². The van der Waals surface area contributed by atoms with Gasteiger partial charge in [0.25, 0.3) is 0 Å². The highest BCUT2D eigenvalue weighted by atomic mass is 16.3. The van der Waals surface area contributed by atoms with Crippen molar-refractivity contribution in [2.45, 2.75) is 12.3 Å². The molecule has 3 heteroatoms. The van der Waals surface area contributed by atoms with Crippen molar-refractivity contribution >= 4 is 0 Å². The van der Waals surface area contributed by atoms with Crippen LogP contribution in [0.25, 0.3) is 0 Å². The molecule has 0 aromatic heterocycles. The molecule has 0 heterocycles. The van der Waals surface area contributed by atoms with Crippen LogP contribution in [0.1, 0.15) is 17.0 Å². The van der Waals surface area contributed by atoms with E-state index in [0.29, 0.717) is 6.42 Å². The van der Waals surface area contributed by atoms with Crippen LogP contribution in [0.4, 0.5) is 0 Å². The first-order chi connectivity index (χ1) is 8.69. The molecule has 0 fully saturated rings. The van der Waals surface area contributed by atoms with E-state index in [2.05, 4.69) is 6.07 Å².